The van der Waals surface area contributed by atoms with Gasteiger partial charge < -0.3 is 12.4 Å². The zero-order chi connectivity index (χ0) is 9.84. The molecule has 14 heavy (non-hydrogen) atoms. The van der Waals surface area contributed by atoms with E-state index in [1.54, 1.807) is 12.1 Å². The van der Waals surface area contributed by atoms with Gasteiger partial charge in [0.05, 0.1) is 10.0 Å². The van der Waals surface area contributed by atoms with Crippen molar-refractivity contribution < 1.29 is 17.8 Å². The third kappa shape index (κ3) is 4.42. The van der Waals surface area contributed by atoms with E-state index in [0.717, 1.165) is 5.56 Å². The Labute approximate surface area is 103 Å². The minimum absolute atomic E-state index is 0. The normalized spacial score (nSPS) is 9.29. The Morgan fingerprint density at radius 1 is 1.36 bits per heavy atom. The van der Waals surface area contributed by atoms with Gasteiger partial charge in [0.1, 0.15) is 0 Å². The molecule has 78 valence electrons. The van der Waals surface area contributed by atoms with Crippen molar-refractivity contribution >= 4 is 40.1 Å². The SMILES string of the molecule is NC(=[NH2+])SCc1ccc(Cl)c(Cl)c1.[Cl-]. The van der Waals surface area contributed by atoms with E-state index in [1.165, 1.54) is 11.8 Å². The van der Waals surface area contributed by atoms with Crippen LogP contribution in [-0.4, -0.2) is 5.17 Å². The lowest BCUT2D eigenvalue weighted by Crippen LogP contribution is -3.00. The molecule has 0 bridgehead atoms. The molecule has 2 nitrogen and oxygen atoms in total. The summed E-state index contributed by atoms with van der Waals surface area (Å²) in [6.45, 7) is 0. The molecule has 0 radical (unpaired) electrons. The first kappa shape index (κ1) is 13.9. The highest BCUT2D eigenvalue weighted by atomic mass is 35.5. The van der Waals surface area contributed by atoms with Gasteiger partial charge in [0.15, 0.2) is 0 Å². The maximum absolute atomic E-state index is 5.82. The van der Waals surface area contributed by atoms with Crippen LogP contribution in [-0.2, 0) is 5.75 Å². The Morgan fingerprint density at radius 3 is 2.50 bits per heavy atom. The summed E-state index contributed by atoms with van der Waals surface area (Å²) in [6.07, 6.45) is 0. The molecular formula is C8H9Cl3N2S. The molecule has 1 aromatic carbocycles. The summed E-state index contributed by atoms with van der Waals surface area (Å²) < 4.78 is 0. The van der Waals surface area contributed by atoms with Crippen molar-refractivity contribution in [2.24, 2.45) is 5.73 Å². The molecule has 0 amide bonds. The van der Waals surface area contributed by atoms with E-state index in [4.69, 9.17) is 34.3 Å². The second kappa shape index (κ2) is 6.40. The molecule has 0 spiro atoms. The third-order valence-electron chi connectivity index (χ3n) is 1.39. The van der Waals surface area contributed by atoms with E-state index in [-0.39, 0.29) is 12.4 Å². The van der Waals surface area contributed by atoms with Crippen LogP contribution in [0.15, 0.2) is 18.2 Å². The Balaban J connectivity index is 0.00000169. The van der Waals surface area contributed by atoms with Gasteiger partial charge in [0.25, 0.3) is 5.17 Å². The maximum atomic E-state index is 5.82. The largest absolute Gasteiger partial charge is 1.00 e. The predicted octanol–water partition coefficient (Wildman–Crippen LogP) is -1.70. The third-order valence-corrected chi connectivity index (χ3v) is 2.94. The second-order valence-electron chi connectivity index (χ2n) is 2.44. The Morgan fingerprint density at radius 2 is 2.00 bits per heavy atom. The van der Waals surface area contributed by atoms with Gasteiger partial charge in [-0.1, -0.05) is 29.3 Å². The summed E-state index contributed by atoms with van der Waals surface area (Å²) in [6, 6.07) is 5.45. The van der Waals surface area contributed by atoms with E-state index < -0.39 is 0 Å². The molecular weight excluding hydrogens is 263 g/mol. The predicted molar refractivity (Wildman–Crippen MR) is 58.9 cm³/mol. The summed E-state index contributed by atoms with van der Waals surface area (Å²) in [5.74, 6) is 0.708. The number of hydrogen-bond donors (Lipinski definition) is 2. The average molecular weight is 272 g/mol. The van der Waals surface area contributed by atoms with Gasteiger partial charge in [-0.3, -0.25) is 11.1 Å². The first-order valence-electron chi connectivity index (χ1n) is 3.54. The highest BCUT2D eigenvalue weighted by Crippen LogP contribution is 2.24. The van der Waals surface area contributed by atoms with Crippen LogP contribution in [0.25, 0.3) is 0 Å². The molecule has 0 fully saturated rings. The molecule has 0 unspecified atom stereocenters. The number of halogens is 3. The van der Waals surface area contributed by atoms with Crippen molar-refractivity contribution in [3.63, 3.8) is 0 Å². The molecule has 0 atom stereocenters. The molecule has 0 heterocycles. The number of amidine groups is 1. The van der Waals surface area contributed by atoms with Crippen LogP contribution in [0.2, 0.25) is 10.0 Å². The van der Waals surface area contributed by atoms with Crippen molar-refractivity contribution in [3.8, 4) is 0 Å². The number of thioether (sulfide) groups is 1. The molecule has 0 aliphatic carbocycles. The monoisotopic (exact) mass is 270 g/mol. The summed E-state index contributed by atoms with van der Waals surface area (Å²) in [7, 11) is 0. The van der Waals surface area contributed by atoms with Crippen LogP contribution >= 0.6 is 35.0 Å². The van der Waals surface area contributed by atoms with Crippen LogP contribution in [0.1, 0.15) is 5.56 Å². The fraction of sp³-hybridized carbons (Fsp3) is 0.125. The first-order valence-corrected chi connectivity index (χ1v) is 5.28. The summed E-state index contributed by atoms with van der Waals surface area (Å²) >= 11 is 12.9. The first-order chi connectivity index (χ1) is 6.09. The minimum atomic E-state index is 0. The topological polar surface area (TPSA) is 51.6 Å². The van der Waals surface area contributed by atoms with Gasteiger partial charge in [-0.15, -0.1) is 0 Å². The lowest BCUT2D eigenvalue weighted by atomic mass is 10.2. The summed E-state index contributed by atoms with van der Waals surface area (Å²) in [4.78, 5) is 0. The molecule has 0 saturated heterocycles. The van der Waals surface area contributed by atoms with Crippen LogP contribution in [0.4, 0.5) is 0 Å². The zero-order valence-corrected chi connectivity index (χ0v) is 10.2. The van der Waals surface area contributed by atoms with Gasteiger partial charge in [-0.05, 0) is 29.5 Å². The van der Waals surface area contributed by atoms with Crippen LogP contribution in [0.3, 0.4) is 0 Å². The van der Waals surface area contributed by atoms with Gasteiger partial charge in [-0.2, -0.15) is 0 Å². The van der Waals surface area contributed by atoms with E-state index in [0.29, 0.717) is 21.0 Å². The fourth-order valence-corrected chi connectivity index (χ4v) is 1.63. The minimum Gasteiger partial charge on any atom is -1.00 e. The highest BCUT2D eigenvalue weighted by Gasteiger charge is 2.02. The van der Waals surface area contributed by atoms with Gasteiger partial charge in [0, 0.05) is 5.75 Å². The molecule has 0 aliphatic rings. The number of nitrogens with two attached hydrogens (primary N) is 2. The van der Waals surface area contributed by atoms with Crippen molar-refractivity contribution in [3.05, 3.63) is 33.8 Å². The zero-order valence-electron chi connectivity index (χ0n) is 7.14. The molecule has 0 aromatic heterocycles. The van der Waals surface area contributed by atoms with Crippen molar-refractivity contribution in [1.82, 2.24) is 0 Å². The van der Waals surface area contributed by atoms with E-state index in [1.807, 2.05) is 6.07 Å². The van der Waals surface area contributed by atoms with Crippen LogP contribution in [0, 0.1) is 0 Å². The van der Waals surface area contributed by atoms with Crippen molar-refractivity contribution in [2.75, 3.05) is 0 Å². The lowest BCUT2D eigenvalue weighted by molar-refractivity contribution is -0.110. The van der Waals surface area contributed by atoms with Crippen molar-refractivity contribution in [1.29, 1.82) is 0 Å². The number of hydrogen-bond acceptors (Lipinski definition) is 1. The van der Waals surface area contributed by atoms with E-state index in [2.05, 4.69) is 0 Å². The van der Waals surface area contributed by atoms with Crippen LogP contribution < -0.4 is 23.5 Å². The van der Waals surface area contributed by atoms with Gasteiger partial charge >= 0.3 is 0 Å². The molecule has 0 saturated carbocycles. The highest BCUT2D eigenvalue weighted by molar-refractivity contribution is 8.12. The Bertz CT molecular complexity index is 330. The Kier molecular flexibility index (Phi) is 6.36. The smallest absolute Gasteiger partial charge is 0.300 e. The molecule has 6 heteroatoms. The molecule has 1 aromatic rings. The summed E-state index contributed by atoms with van der Waals surface area (Å²) in [5.41, 5.74) is 6.36. The van der Waals surface area contributed by atoms with E-state index in [9.17, 15) is 0 Å². The Hall–Kier alpha value is -0.0900. The van der Waals surface area contributed by atoms with Gasteiger partial charge in [-0.25, -0.2) is 0 Å². The fourth-order valence-electron chi connectivity index (χ4n) is 0.796. The second-order valence-corrected chi connectivity index (χ2v) is 4.30. The quantitative estimate of drug-likeness (QED) is 0.498. The number of benzene rings is 1. The average Bonchev–Trinajstić information content (AvgIpc) is 2.07. The van der Waals surface area contributed by atoms with Gasteiger partial charge in [0.2, 0.25) is 0 Å². The standard InChI is InChI=1S/C8H8Cl2N2S.ClH/c9-6-2-1-5(3-7(6)10)4-13-8(11)12;/h1-3H,4H2,(H3,11,12);1H. The van der Waals surface area contributed by atoms with Crippen LogP contribution in [0.5, 0.6) is 0 Å². The maximum Gasteiger partial charge on any atom is 0.300 e. The summed E-state index contributed by atoms with van der Waals surface area (Å²) in [5, 5.41) is 6.77. The lowest BCUT2D eigenvalue weighted by Gasteiger charge is -2.00. The number of rotatable bonds is 2. The van der Waals surface area contributed by atoms with Crippen molar-refractivity contribution in [2.45, 2.75) is 5.75 Å². The molecule has 0 aliphatic heterocycles. The molecule has 1 rings (SSSR count). The molecule has 4 N–H and O–H groups in total. The van der Waals surface area contributed by atoms with E-state index >= 15 is 0 Å².